The summed E-state index contributed by atoms with van der Waals surface area (Å²) in [4.78, 5) is 30.7. The van der Waals surface area contributed by atoms with E-state index in [9.17, 15) is 4.79 Å². The number of benzene rings is 1. The van der Waals surface area contributed by atoms with Crippen molar-refractivity contribution in [3.63, 3.8) is 0 Å². The number of para-hydroxylation sites is 2. The minimum Gasteiger partial charge on any atom is -0.451 e. The van der Waals surface area contributed by atoms with E-state index < -0.39 is 6.09 Å². The van der Waals surface area contributed by atoms with Gasteiger partial charge in [0.25, 0.3) is 0 Å². The molecule has 0 aliphatic rings. The van der Waals surface area contributed by atoms with Gasteiger partial charge in [-0.25, -0.2) is 9.78 Å². The molecule has 1 aromatic carbocycles. The third kappa shape index (κ3) is 5.89. The van der Waals surface area contributed by atoms with E-state index in [1.807, 2.05) is 27.7 Å². The molecule has 0 fully saturated rings. The van der Waals surface area contributed by atoms with E-state index in [-0.39, 0.29) is 0 Å². The van der Waals surface area contributed by atoms with Gasteiger partial charge in [0.05, 0.1) is 14.2 Å². The summed E-state index contributed by atoms with van der Waals surface area (Å²) in [5.41, 5.74) is 2.36. The van der Waals surface area contributed by atoms with E-state index >= 15 is 0 Å². The lowest BCUT2D eigenvalue weighted by molar-refractivity contribution is 0.115. The van der Waals surface area contributed by atoms with Crippen molar-refractivity contribution in [1.82, 2.24) is 9.97 Å². The molecule has 1 amide bonds. The second-order valence-corrected chi connectivity index (χ2v) is 5.44. The van der Waals surface area contributed by atoms with Crippen molar-refractivity contribution in [2.45, 2.75) is 34.6 Å². The van der Waals surface area contributed by atoms with Crippen molar-refractivity contribution in [1.29, 1.82) is 0 Å². The van der Waals surface area contributed by atoms with Gasteiger partial charge in [0.2, 0.25) is 5.88 Å². The summed E-state index contributed by atoms with van der Waals surface area (Å²) < 4.78 is 10.7. The Balaban J connectivity index is 0.00000204. The molecule has 29 heavy (non-hydrogen) atoms. The van der Waals surface area contributed by atoms with Crippen LogP contribution in [0.4, 0.5) is 10.5 Å². The highest BCUT2D eigenvalue weighted by atomic mass is 16.7. The SMILES string of the molecule is CC.CO/N=C(/C)c1nc(C)c(C)c(Oc2ccccc2N(OC)C(=O)OC)n1. The van der Waals surface area contributed by atoms with Crippen LogP contribution in [-0.2, 0) is 14.4 Å². The van der Waals surface area contributed by atoms with Gasteiger partial charge in [0.1, 0.15) is 18.5 Å². The summed E-state index contributed by atoms with van der Waals surface area (Å²) in [6.07, 6.45) is -0.687. The Labute approximate surface area is 171 Å². The van der Waals surface area contributed by atoms with Crippen molar-refractivity contribution >= 4 is 17.5 Å². The number of methoxy groups -OCH3 is 1. The first kappa shape index (κ1) is 23.8. The first-order valence-corrected chi connectivity index (χ1v) is 9.05. The molecule has 1 heterocycles. The van der Waals surface area contributed by atoms with Gasteiger partial charge in [-0.15, -0.1) is 5.06 Å². The standard InChI is InChI=1S/C18H22N4O5.C2H6/c1-11-12(2)19-16(13(3)21-25-5)20-17(11)27-15-10-8-7-9-14(15)22(26-6)18(23)24-4;1-2/h7-10H,1-6H3;1-2H3/b21-13-;. The molecular weight excluding hydrogens is 376 g/mol. The molecule has 0 bridgehead atoms. The monoisotopic (exact) mass is 404 g/mol. The van der Waals surface area contributed by atoms with Crippen LogP contribution in [0.3, 0.4) is 0 Å². The number of aromatic nitrogens is 2. The first-order valence-electron chi connectivity index (χ1n) is 9.05. The van der Waals surface area contributed by atoms with Crippen molar-refractivity contribution in [3.05, 3.63) is 41.3 Å². The van der Waals surface area contributed by atoms with Gasteiger partial charge in [-0.05, 0) is 32.9 Å². The lowest BCUT2D eigenvalue weighted by Gasteiger charge is -2.21. The Bertz CT molecular complexity index is 855. The summed E-state index contributed by atoms with van der Waals surface area (Å²) in [5, 5.41) is 4.84. The largest absolute Gasteiger partial charge is 0.451 e. The van der Waals surface area contributed by atoms with Crippen LogP contribution in [0.5, 0.6) is 11.6 Å². The molecular formula is C20H28N4O5. The van der Waals surface area contributed by atoms with E-state index in [1.165, 1.54) is 21.3 Å². The summed E-state index contributed by atoms with van der Waals surface area (Å²) in [6, 6.07) is 6.87. The second kappa shape index (κ2) is 11.6. The summed E-state index contributed by atoms with van der Waals surface area (Å²) >= 11 is 0. The number of hydrogen-bond donors (Lipinski definition) is 0. The Kier molecular flexibility index (Phi) is 9.54. The smallest absolute Gasteiger partial charge is 0.438 e. The van der Waals surface area contributed by atoms with Crippen LogP contribution < -0.4 is 9.80 Å². The molecule has 2 rings (SSSR count). The lowest BCUT2D eigenvalue weighted by Crippen LogP contribution is -2.29. The van der Waals surface area contributed by atoms with Crippen LogP contribution in [0.2, 0.25) is 0 Å². The number of aryl methyl sites for hydroxylation is 1. The molecule has 0 aliphatic heterocycles. The summed E-state index contributed by atoms with van der Waals surface area (Å²) in [5.74, 6) is 1.07. The van der Waals surface area contributed by atoms with Gasteiger partial charge in [-0.3, -0.25) is 4.84 Å². The Morgan fingerprint density at radius 2 is 1.72 bits per heavy atom. The number of hydroxylamine groups is 1. The molecule has 9 nitrogen and oxygen atoms in total. The number of carbonyl (C=O) groups excluding carboxylic acids is 1. The zero-order valence-electron chi connectivity index (χ0n) is 18.1. The number of rotatable bonds is 6. The van der Waals surface area contributed by atoms with Gasteiger partial charge in [0.15, 0.2) is 11.6 Å². The third-order valence-electron chi connectivity index (χ3n) is 3.71. The quantitative estimate of drug-likeness (QED) is 0.519. The highest BCUT2D eigenvalue weighted by Gasteiger charge is 2.22. The Hall–Kier alpha value is -3.20. The van der Waals surface area contributed by atoms with Crippen molar-refractivity contribution in [3.8, 4) is 11.6 Å². The number of ether oxygens (including phenoxy) is 2. The lowest BCUT2D eigenvalue weighted by atomic mass is 10.2. The predicted molar refractivity (Wildman–Crippen MR) is 110 cm³/mol. The number of oxime groups is 1. The van der Waals surface area contributed by atoms with Gasteiger partial charge in [-0.2, -0.15) is 4.98 Å². The number of nitrogens with zero attached hydrogens (tertiary/aromatic N) is 4. The average Bonchev–Trinajstić information content (AvgIpc) is 2.74. The minimum atomic E-state index is -0.687. The second-order valence-electron chi connectivity index (χ2n) is 5.44. The molecule has 0 aliphatic carbocycles. The van der Waals surface area contributed by atoms with Crippen LogP contribution in [0.15, 0.2) is 29.4 Å². The molecule has 1 aromatic heterocycles. The highest BCUT2D eigenvalue weighted by molar-refractivity contribution is 5.95. The molecule has 9 heteroatoms. The first-order chi connectivity index (χ1) is 13.9. The fraction of sp³-hybridized carbons (Fsp3) is 0.400. The van der Waals surface area contributed by atoms with Crippen molar-refractivity contribution in [2.75, 3.05) is 26.4 Å². The van der Waals surface area contributed by atoms with Crippen molar-refractivity contribution < 1.29 is 23.9 Å². The van der Waals surface area contributed by atoms with E-state index in [4.69, 9.17) is 19.1 Å². The normalized spacial score (nSPS) is 10.6. The molecule has 0 N–H and O–H groups in total. The van der Waals surface area contributed by atoms with Crippen LogP contribution in [0.1, 0.15) is 37.9 Å². The average molecular weight is 404 g/mol. The topological polar surface area (TPSA) is 95.4 Å². The summed E-state index contributed by atoms with van der Waals surface area (Å²) in [6.45, 7) is 9.42. The maximum Gasteiger partial charge on any atom is 0.438 e. The third-order valence-corrected chi connectivity index (χ3v) is 3.71. The van der Waals surface area contributed by atoms with E-state index in [0.717, 1.165) is 16.3 Å². The van der Waals surface area contributed by atoms with Gasteiger partial charge >= 0.3 is 6.09 Å². The fourth-order valence-corrected chi connectivity index (χ4v) is 2.21. The maximum atomic E-state index is 12.0. The number of amides is 1. The molecule has 2 aromatic rings. The maximum absolute atomic E-state index is 12.0. The number of hydrogen-bond acceptors (Lipinski definition) is 8. The van der Waals surface area contributed by atoms with Crippen LogP contribution in [0.25, 0.3) is 0 Å². The van der Waals surface area contributed by atoms with Crippen LogP contribution in [0, 0.1) is 13.8 Å². The predicted octanol–water partition coefficient (Wildman–Crippen LogP) is 4.42. The summed E-state index contributed by atoms with van der Waals surface area (Å²) in [7, 11) is 4.07. The molecule has 0 atom stereocenters. The molecule has 158 valence electrons. The molecule has 0 unspecified atom stereocenters. The zero-order chi connectivity index (χ0) is 22.0. The van der Waals surface area contributed by atoms with E-state index in [2.05, 4.69) is 15.1 Å². The Morgan fingerprint density at radius 1 is 1.07 bits per heavy atom. The van der Waals surface area contributed by atoms with E-state index in [1.54, 1.807) is 31.2 Å². The van der Waals surface area contributed by atoms with Crippen molar-refractivity contribution in [2.24, 2.45) is 5.16 Å². The molecule has 0 radical (unpaired) electrons. The van der Waals surface area contributed by atoms with Gasteiger partial charge in [-0.1, -0.05) is 31.1 Å². The Morgan fingerprint density at radius 3 is 2.31 bits per heavy atom. The highest BCUT2D eigenvalue weighted by Crippen LogP contribution is 2.33. The van der Waals surface area contributed by atoms with Crippen LogP contribution >= 0.6 is 0 Å². The molecule has 0 saturated heterocycles. The van der Waals surface area contributed by atoms with E-state index in [0.29, 0.717) is 28.9 Å². The molecule has 0 spiro atoms. The number of anilines is 1. The zero-order valence-corrected chi connectivity index (χ0v) is 18.1. The van der Waals surface area contributed by atoms with Crippen LogP contribution in [-0.4, -0.2) is 43.1 Å². The van der Waals surface area contributed by atoms with Gasteiger partial charge < -0.3 is 14.3 Å². The molecule has 0 saturated carbocycles. The minimum absolute atomic E-state index is 0.330. The van der Waals surface area contributed by atoms with Gasteiger partial charge in [0, 0.05) is 11.3 Å². The fourth-order valence-electron chi connectivity index (χ4n) is 2.21. The number of carbonyl (C=O) groups is 1.